The van der Waals surface area contributed by atoms with Crippen LogP contribution in [-0.2, 0) is 14.4 Å². The van der Waals surface area contributed by atoms with Crippen LogP contribution in [0.4, 0.5) is 4.79 Å². The van der Waals surface area contributed by atoms with Crippen LogP contribution in [0.3, 0.4) is 0 Å². The van der Waals surface area contributed by atoms with Gasteiger partial charge in [-0.1, -0.05) is 13.3 Å². The fourth-order valence-electron chi connectivity index (χ4n) is 2.16. The van der Waals surface area contributed by atoms with Crippen LogP contribution in [0.2, 0.25) is 0 Å². The largest absolute Gasteiger partial charge is 0.478 e. The smallest absolute Gasteiger partial charge is 0.408 e. The molecule has 0 saturated heterocycles. The van der Waals surface area contributed by atoms with Crippen LogP contribution >= 0.6 is 0 Å². The van der Waals surface area contributed by atoms with E-state index >= 15 is 0 Å². The summed E-state index contributed by atoms with van der Waals surface area (Å²) in [6.45, 7) is 8.03. The number of carboxylic acid groups (broad SMARTS) is 1. The van der Waals surface area contributed by atoms with Gasteiger partial charge in [0.15, 0.2) is 11.5 Å². The normalized spacial score (nSPS) is 12.8. The molecule has 0 saturated carbocycles. The Kier molecular flexibility index (Phi) is 9.03. The molecule has 2 atom stereocenters. The number of nitrogens with zero attached hydrogens (tertiary/aromatic N) is 1. The van der Waals surface area contributed by atoms with E-state index in [0.717, 1.165) is 6.07 Å². The molecule has 0 aromatic heterocycles. The molecule has 12 heteroatoms. The number of carbonyl (C=O) groups excluding carboxylic acids is 2. The molecule has 1 aromatic carbocycles. The van der Waals surface area contributed by atoms with Crippen molar-refractivity contribution < 1.29 is 43.6 Å². The minimum absolute atomic E-state index is 0.144. The number of ether oxygens (including phenoxy) is 3. The number of carbonyl (C=O) groups is 3. The Bertz CT molecular complexity index is 818. The van der Waals surface area contributed by atoms with E-state index in [9.17, 15) is 29.6 Å². The van der Waals surface area contributed by atoms with E-state index in [4.69, 9.17) is 14.2 Å². The summed E-state index contributed by atoms with van der Waals surface area (Å²) in [4.78, 5) is 50.6. The molecule has 1 amide bonds. The molecule has 2 N–H and O–H groups in total. The fourth-order valence-corrected chi connectivity index (χ4v) is 2.16. The van der Waals surface area contributed by atoms with Crippen molar-refractivity contribution in [3.8, 4) is 11.5 Å². The summed E-state index contributed by atoms with van der Waals surface area (Å²) in [6.07, 6.45) is -1.52. The average molecular weight is 442 g/mol. The Hall–Kier alpha value is -3.57. The van der Waals surface area contributed by atoms with E-state index in [0.29, 0.717) is 6.42 Å². The number of aromatic carboxylic acids is 1. The predicted octanol–water partition coefficient (Wildman–Crippen LogP) is 2.92. The van der Waals surface area contributed by atoms with Crippen LogP contribution in [0.15, 0.2) is 18.2 Å². The summed E-state index contributed by atoms with van der Waals surface area (Å²) in [5.74, 6) is -2.70. The molecular weight excluding hydrogens is 416 g/mol. The van der Waals surface area contributed by atoms with Crippen LogP contribution in [0.1, 0.15) is 57.8 Å². The summed E-state index contributed by atoms with van der Waals surface area (Å²) >= 11 is 0. The zero-order chi connectivity index (χ0) is 23.8. The van der Waals surface area contributed by atoms with Crippen LogP contribution in [-0.4, -0.2) is 46.2 Å². The topological polar surface area (TPSA) is 164 Å². The minimum atomic E-state index is -1.30. The van der Waals surface area contributed by atoms with Crippen molar-refractivity contribution in [3.63, 3.8) is 0 Å². The summed E-state index contributed by atoms with van der Waals surface area (Å²) in [5.41, 5.74) is -0.999. The molecule has 1 aromatic rings. The Labute approximate surface area is 178 Å². The zero-order valence-corrected chi connectivity index (χ0v) is 17.9. The molecule has 12 nitrogen and oxygen atoms in total. The quantitative estimate of drug-likeness (QED) is 0.181. The van der Waals surface area contributed by atoms with Crippen LogP contribution in [0, 0.1) is 10.1 Å². The number of rotatable bonds is 10. The molecule has 0 fully saturated rings. The van der Waals surface area contributed by atoms with E-state index < -0.39 is 41.1 Å². The highest BCUT2D eigenvalue weighted by Crippen LogP contribution is 2.31. The number of amides is 1. The molecule has 172 valence electrons. The first kappa shape index (κ1) is 25.5. The Morgan fingerprint density at radius 3 is 2.39 bits per heavy atom. The standard InChI is InChI=1S/C19H26N2O10/c1-6-7-15(31-21(26)27)28-13-9-8-12(16(22)23)10-14(13)29-17(24)11(2)20-18(25)30-19(3,4)5/h8-11,15H,6-7H2,1-5H3,(H,20,25)(H,22,23). The number of hydrogen-bond acceptors (Lipinski definition) is 9. The molecule has 0 aliphatic heterocycles. The van der Waals surface area contributed by atoms with Gasteiger partial charge in [0.05, 0.1) is 5.56 Å². The van der Waals surface area contributed by atoms with Crippen molar-refractivity contribution in [3.05, 3.63) is 33.9 Å². The Balaban J connectivity index is 3.05. The molecule has 2 unspecified atom stereocenters. The first-order valence-corrected chi connectivity index (χ1v) is 9.38. The molecule has 0 heterocycles. The van der Waals surface area contributed by atoms with Gasteiger partial charge in [0, 0.05) is 6.42 Å². The summed E-state index contributed by atoms with van der Waals surface area (Å²) < 4.78 is 15.7. The van der Waals surface area contributed by atoms with Gasteiger partial charge in [-0.2, -0.15) is 0 Å². The second kappa shape index (κ2) is 11.0. The average Bonchev–Trinajstić information content (AvgIpc) is 2.60. The number of benzene rings is 1. The van der Waals surface area contributed by atoms with Gasteiger partial charge < -0.3 is 24.6 Å². The van der Waals surface area contributed by atoms with Crippen molar-refractivity contribution in [2.75, 3.05) is 0 Å². The third-order valence-electron chi connectivity index (χ3n) is 3.47. The molecular formula is C19H26N2O10. The number of carboxylic acids is 1. The zero-order valence-electron chi connectivity index (χ0n) is 17.9. The maximum atomic E-state index is 12.4. The third-order valence-corrected chi connectivity index (χ3v) is 3.47. The van der Waals surface area contributed by atoms with Gasteiger partial charge in [0.25, 0.3) is 5.09 Å². The first-order chi connectivity index (χ1) is 14.3. The number of esters is 1. The summed E-state index contributed by atoms with van der Waals surface area (Å²) in [6, 6.07) is 2.22. The monoisotopic (exact) mass is 442 g/mol. The van der Waals surface area contributed by atoms with Crippen LogP contribution < -0.4 is 14.8 Å². The van der Waals surface area contributed by atoms with Crippen molar-refractivity contribution in [2.24, 2.45) is 0 Å². The van der Waals surface area contributed by atoms with Crippen molar-refractivity contribution in [2.45, 2.75) is 65.4 Å². The maximum absolute atomic E-state index is 12.4. The SMILES string of the molecule is CCCC(Oc1ccc(C(=O)O)cc1OC(=O)C(C)NC(=O)OC(C)(C)C)O[N+](=O)[O-]. The Morgan fingerprint density at radius 2 is 1.87 bits per heavy atom. The van der Waals surface area contributed by atoms with Crippen molar-refractivity contribution in [1.82, 2.24) is 5.32 Å². The third kappa shape index (κ3) is 9.19. The van der Waals surface area contributed by atoms with E-state index in [1.54, 1.807) is 27.7 Å². The summed E-state index contributed by atoms with van der Waals surface area (Å²) in [5, 5.41) is 21.1. The van der Waals surface area contributed by atoms with Gasteiger partial charge in [-0.3, -0.25) is 4.84 Å². The minimum Gasteiger partial charge on any atom is -0.478 e. The molecule has 1 rings (SSSR count). The molecule has 0 bridgehead atoms. The first-order valence-electron chi connectivity index (χ1n) is 9.38. The van der Waals surface area contributed by atoms with Crippen molar-refractivity contribution >= 4 is 18.0 Å². The lowest BCUT2D eigenvalue weighted by atomic mass is 10.2. The summed E-state index contributed by atoms with van der Waals surface area (Å²) in [7, 11) is 0. The van der Waals surface area contributed by atoms with Crippen LogP contribution in [0.5, 0.6) is 11.5 Å². The van der Waals surface area contributed by atoms with E-state index in [2.05, 4.69) is 10.2 Å². The number of nitrogens with one attached hydrogen (secondary N) is 1. The lowest BCUT2D eigenvalue weighted by Crippen LogP contribution is -2.43. The van der Waals surface area contributed by atoms with E-state index in [-0.39, 0.29) is 23.5 Å². The van der Waals surface area contributed by atoms with Gasteiger partial charge in [-0.05, 0) is 45.9 Å². The number of hydrogen-bond donors (Lipinski definition) is 2. The highest BCUT2D eigenvalue weighted by Gasteiger charge is 2.25. The lowest BCUT2D eigenvalue weighted by molar-refractivity contribution is -0.778. The highest BCUT2D eigenvalue weighted by molar-refractivity contribution is 5.89. The maximum Gasteiger partial charge on any atom is 0.408 e. The highest BCUT2D eigenvalue weighted by atomic mass is 17.0. The van der Waals surface area contributed by atoms with Gasteiger partial charge >= 0.3 is 18.0 Å². The van der Waals surface area contributed by atoms with E-state index in [1.807, 2.05) is 0 Å². The van der Waals surface area contributed by atoms with Gasteiger partial charge in [-0.25, -0.2) is 14.4 Å². The second-order valence-electron chi connectivity index (χ2n) is 7.42. The van der Waals surface area contributed by atoms with Gasteiger partial charge in [0.2, 0.25) is 6.29 Å². The van der Waals surface area contributed by atoms with Gasteiger partial charge in [0.1, 0.15) is 11.6 Å². The van der Waals surface area contributed by atoms with E-state index in [1.165, 1.54) is 19.1 Å². The Morgan fingerprint density at radius 1 is 1.23 bits per heavy atom. The second-order valence-corrected chi connectivity index (χ2v) is 7.42. The fraction of sp³-hybridized carbons (Fsp3) is 0.526. The molecule has 0 aliphatic rings. The molecule has 0 radical (unpaired) electrons. The molecule has 0 spiro atoms. The predicted molar refractivity (Wildman–Crippen MR) is 105 cm³/mol. The van der Waals surface area contributed by atoms with Crippen molar-refractivity contribution in [1.29, 1.82) is 0 Å². The number of alkyl carbamates (subject to hydrolysis) is 1. The molecule has 31 heavy (non-hydrogen) atoms. The van der Waals surface area contributed by atoms with Crippen LogP contribution in [0.25, 0.3) is 0 Å². The van der Waals surface area contributed by atoms with Gasteiger partial charge in [-0.15, -0.1) is 10.1 Å². The lowest BCUT2D eigenvalue weighted by Gasteiger charge is -2.22. The molecule has 0 aliphatic carbocycles.